The molecule has 1 aromatic rings. The van der Waals surface area contributed by atoms with Crippen LogP contribution >= 0.6 is 12.4 Å². The van der Waals surface area contributed by atoms with Crippen LogP contribution in [0.3, 0.4) is 0 Å². The van der Waals surface area contributed by atoms with Gasteiger partial charge in [-0.15, -0.1) is 12.4 Å². The van der Waals surface area contributed by atoms with E-state index in [4.69, 9.17) is 5.73 Å². The summed E-state index contributed by atoms with van der Waals surface area (Å²) in [4.78, 5) is 31.2. The van der Waals surface area contributed by atoms with Crippen molar-refractivity contribution in [2.75, 3.05) is 40.3 Å². The predicted molar refractivity (Wildman–Crippen MR) is 96.1 cm³/mol. The predicted octanol–water partition coefficient (Wildman–Crippen LogP) is -0.723. The molecule has 138 valence electrons. The van der Waals surface area contributed by atoms with E-state index in [9.17, 15) is 9.59 Å². The normalized spacial score (nSPS) is 9.83. The van der Waals surface area contributed by atoms with Crippen molar-refractivity contribution in [3.8, 4) is 0 Å². The topological polar surface area (TPSA) is 123 Å². The highest BCUT2D eigenvalue weighted by Gasteiger charge is 2.11. The smallest absolute Gasteiger partial charge is 0.248 e. The van der Waals surface area contributed by atoms with Crippen LogP contribution in [0.1, 0.15) is 23.0 Å². The summed E-state index contributed by atoms with van der Waals surface area (Å²) < 4.78 is 0. The van der Waals surface area contributed by atoms with Gasteiger partial charge in [-0.2, -0.15) is 0 Å². The van der Waals surface area contributed by atoms with E-state index in [-0.39, 0.29) is 30.3 Å². The molecule has 0 aromatic carbocycles. The SMILES string of the molecule is CCN(CCN(C)C)C(=O)CNCc1cc(C(N)=O)ccn1.Cl.O. The van der Waals surface area contributed by atoms with Crippen LogP contribution in [-0.2, 0) is 11.3 Å². The van der Waals surface area contributed by atoms with E-state index in [1.54, 1.807) is 17.0 Å². The summed E-state index contributed by atoms with van der Waals surface area (Å²) in [5, 5.41) is 3.05. The molecule has 0 atom stereocenters. The van der Waals surface area contributed by atoms with Crippen molar-refractivity contribution in [2.24, 2.45) is 5.73 Å². The first-order chi connectivity index (χ1) is 10.4. The first kappa shape index (κ1) is 24.5. The quantitative estimate of drug-likeness (QED) is 0.600. The van der Waals surface area contributed by atoms with Gasteiger partial charge in [0.25, 0.3) is 0 Å². The first-order valence-corrected chi connectivity index (χ1v) is 7.32. The Morgan fingerprint density at radius 1 is 1.29 bits per heavy atom. The summed E-state index contributed by atoms with van der Waals surface area (Å²) in [5.74, 6) is -0.434. The zero-order chi connectivity index (χ0) is 16.5. The fourth-order valence-electron chi connectivity index (χ4n) is 1.92. The zero-order valence-corrected chi connectivity index (χ0v) is 15.2. The van der Waals surface area contributed by atoms with Crippen molar-refractivity contribution in [3.05, 3.63) is 29.6 Å². The number of likely N-dealkylation sites (N-methyl/N-ethyl adjacent to an activating group) is 2. The molecular formula is C15H28ClN5O3. The van der Waals surface area contributed by atoms with Gasteiger partial charge in [0.2, 0.25) is 11.8 Å². The minimum Gasteiger partial charge on any atom is -0.412 e. The van der Waals surface area contributed by atoms with Crippen LogP contribution in [0.15, 0.2) is 18.3 Å². The Hall–Kier alpha value is -1.74. The van der Waals surface area contributed by atoms with Crippen molar-refractivity contribution in [1.29, 1.82) is 0 Å². The lowest BCUT2D eigenvalue weighted by Crippen LogP contribution is -2.41. The van der Waals surface area contributed by atoms with Crippen LogP contribution in [0.5, 0.6) is 0 Å². The summed E-state index contributed by atoms with van der Waals surface area (Å²) in [6.07, 6.45) is 1.54. The Labute approximate surface area is 149 Å². The number of nitrogens with two attached hydrogens (primary N) is 1. The number of primary amides is 1. The Morgan fingerprint density at radius 2 is 1.96 bits per heavy atom. The number of amides is 2. The molecule has 0 fully saturated rings. The van der Waals surface area contributed by atoms with Gasteiger partial charge in [0, 0.05) is 37.9 Å². The molecule has 1 heterocycles. The molecule has 1 rings (SSSR count). The molecule has 0 bridgehead atoms. The molecule has 0 aliphatic rings. The lowest BCUT2D eigenvalue weighted by atomic mass is 10.2. The molecule has 0 aliphatic heterocycles. The molecule has 0 radical (unpaired) electrons. The Balaban J connectivity index is 0. The minimum atomic E-state index is -0.486. The fourth-order valence-corrected chi connectivity index (χ4v) is 1.92. The van der Waals surface area contributed by atoms with E-state index < -0.39 is 5.91 Å². The highest BCUT2D eigenvalue weighted by atomic mass is 35.5. The minimum absolute atomic E-state index is 0. The van der Waals surface area contributed by atoms with Gasteiger partial charge >= 0.3 is 0 Å². The molecule has 8 nitrogen and oxygen atoms in total. The molecule has 1 aromatic heterocycles. The third-order valence-corrected chi connectivity index (χ3v) is 3.23. The van der Waals surface area contributed by atoms with Crippen LogP contribution in [-0.4, -0.2) is 72.3 Å². The van der Waals surface area contributed by atoms with Crippen LogP contribution < -0.4 is 11.1 Å². The molecule has 9 heteroatoms. The molecule has 24 heavy (non-hydrogen) atoms. The van der Waals surface area contributed by atoms with Gasteiger partial charge in [-0.1, -0.05) is 0 Å². The summed E-state index contributed by atoms with van der Waals surface area (Å²) in [6.45, 7) is 4.85. The third kappa shape index (κ3) is 8.78. The lowest BCUT2D eigenvalue weighted by Gasteiger charge is -2.23. The largest absolute Gasteiger partial charge is 0.412 e. The summed E-state index contributed by atoms with van der Waals surface area (Å²) >= 11 is 0. The highest BCUT2D eigenvalue weighted by Crippen LogP contribution is 2.00. The van der Waals surface area contributed by atoms with Crippen LogP contribution in [0.2, 0.25) is 0 Å². The Kier molecular flexibility index (Phi) is 12.9. The number of hydrogen-bond acceptors (Lipinski definition) is 5. The van der Waals surface area contributed by atoms with Crippen LogP contribution in [0.25, 0.3) is 0 Å². The lowest BCUT2D eigenvalue weighted by molar-refractivity contribution is -0.130. The second-order valence-corrected chi connectivity index (χ2v) is 5.28. The standard InChI is InChI=1S/C15H25N5O2.ClH.H2O/c1-4-20(8-7-19(2)3)14(21)11-17-10-13-9-12(15(16)22)5-6-18-13;;/h5-6,9,17H,4,7-8,10-11H2,1-3H3,(H2,16,22);1H;1H2. The second-order valence-electron chi connectivity index (χ2n) is 5.28. The first-order valence-electron chi connectivity index (χ1n) is 7.32. The van der Waals surface area contributed by atoms with E-state index in [1.807, 2.05) is 25.9 Å². The van der Waals surface area contributed by atoms with Crippen LogP contribution in [0.4, 0.5) is 0 Å². The molecule has 0 saturated carbocycles. The number of nitrogens with one attached hydrogen (secondary N) is 1. The van der Waals surface area contributed by atoms with Crippen molar-refractivity contribution in [2.45, 2.75) is 13.5 Å². The number of carbonyl (C=O) groups excluding carboxylic acids is 2. The molecule has 0 aliphatic carbocycles. The van der Waals surface area contributed by atoms with E-state index in [2.05, 4.69) is 10.3 Å². The summed E-state index contributed by atoms with van der Waals surface area (Å²) in [7, 11) is 3.96. The Morgan fingerprint density at radius 3 is 2.50 bits per heavy atom. The zero-order valence-electron chi connectivity index (χ0n) is 14.4. The molecule has 0 unspecified atom stereocenters. The second kappa shape index (κ2) is 12.7. The summed E-state index contributed by atoms with van der Waals surface area (Å²) in [6, 6.07) is 3.19. The highest BCUT2D eigenvalue weighted by molar-refractivity contribution is 5.92. The fraction of sp³-hybridized carbons (Fsp3) is 0.533. The maximum absolute atomic E-state index is 12.1. The molecule has 5 N–H and O–H groups in total. The average Bonchev–Trinajstić information content (AvgIpc) is 2.48. The maximum atomic E-state index is 12.1. The third-order valence-electron chi connectivity index (χ3n) is 3.23. The van der Waals surface area contributed by atoms with Gasteiger partial charge in [-0.05, 0) is 33.2 Å². The molecule has 0 saturated heterocycles. The number of carbonyl (C=O) groups is 2. The van der Waals surface area contributed by atoms with Gasteiger partial charge in [0.15, 0.2) is 0 Å². The van der Waals surface area contributed by atoms with Crippen LogP contribution in [0, 0.1) is 0 Å². The van der Waals surface area contributed by atoms with Crippen molar-refractivity contribution in [3.63, 3.8) is 0 Å². The molecule has 0 spiro atoms. The van der Waals surface area contributed by atoms with E-state index >= 15 is 0 Å². The van der Waals surface area contributed by atoms with E-state index in [0.29, 0.717) is 30.9 Å². The number of hydrogen-bond donors (Lipinski definition) is 2. The van der Waals surface area contributed by atoms with E-state index in [1.165, 1.54) is 6.20 Å². The number of rotatable bonds is 9. The van der Waals surface area contributed by atoms with Crippen molar-refractivity contribution < 1.29 is 15.1 Å². The van der Waals surface area contributed by atoms with Gasteiger partial charge in [-0.25, -0.2) is 0 Å². The monoisotopic (exact) mass is 361 g/mol. The number of nitrogens with zero attached hydrogens (tertiary/aromatic N) is 3. The van der Waals surface area contributed by atoms with Gasteiger partial charge < -0.3 is 26.3 Å². The molecular weight excluding hydrogens is 334 g/mol. The number of aromatic nitrogens is 1. The number of halogens is 1. The van der Waals surface area contributed by atoms with Gasteiger partial charge in [-0.3, -0.25) is 14.6 Å². The van der Waals surface area contributed by atoms with Gasteiger partial charge in [0.05, 0.1) is 12.2 Å². The van der Waals surface area contributed by atoms with Crippen molar-refractivity contribution in [1.82, 2.24) is 20.1 Å². The van der Waals surface area contributed by atoms with Crippen molar-refractivity contribution >= 4 is 24.2 Å². The molecule has 2 amide bonds. The Bertz CT molecular complexity index is 514. The van der Waals surface area contributed by atoms with Gasteiger partial charge in [0.1, 0.15) is 0 Å². The van der Waals surface area contributed by atoms with E-state index in [0.717, 1.165) is 6.54 Å². The number of pyridine rings is 1. The average molecular weight is 362 g/mol. The summed E-state index contributed by atoms with van der Waals surface area (Å²) in [5.41, 5.74) is 6.32. The maximum Gasteiger partial charge on any atom is 0.248 e.